The van der Waals surface area contributed by atoms with Crippen LogP contribution in [0.4, 0.5) is 23.4 Å². The van der Waals surface area contributed by atoms with Gasteiger partial charge in [-0.05, 0) is 75.9 Å². The van der Waals surface area contributed by atoms with Gasteiger partial charge in [0.15, 0.2) is 11.6 Å². The summed E-state index contributed by atoms with van der Waals surface area (Å²) in [6, 6.07) is 5.35. The molecule has 5 nitrogen and oxygen atoms in total. The fourth-order valence-electron chi connectivity index (χ4n) is 5.35. The first-order valence-electron chi connectivity index (χ1n) is 12.9. The molecule has 3 heterocycles. The molecule has 1 saturated heterocycles. The van der Waals surface area contributed by atoms with E-state index in [0.717, 1.165) is 17.3 Å². The van der Waals surface area contributed by atoms with Crippen molar-refractivity contribution in [3.63, 3.8) is 0 Å². The van der Waals surface area contributed by atoms with Crippen LogP contribution in [0.5, 0.6) is 0 Å². The van der Waals surface area contributed by atoms with Crippen LogP contribution in [0, 0.1) is 25.2 Å². The van der Waals surface area contributed by atoms with Crippen LogP contribution >= 0.6 is 11.3 Å². The number of rotatable bonds is 8. The van der Waals surface area contributed by atoms with E-state index < -0.39 is 29.9 Å². The van der Waals surface area contributed by atoms with E-state index in [0.29, 0.717) is 59.2 Å². The minimum atomic E-state index is -4.45. The van der Waals surface area contributed by atoms with Gasteiger partial charge in [0.25, 0.3) is 0 Å². The van der Waals surface area contributed by atoms with Crippen LogP contribution in [0.1, 0.15) is 71.7 Å². The number of aryl methyl sites for hydroxylation is 1. The first-order valence-corrected chi connectivity index (χ1v) is 13.7. The van der Waals surface area contributed by atoms with E-state index in [1.165, 1.54) is 24.3 Å². The number of alkyl halides is 4. The third-order valence-electron chi connectivity index (χ3n) is 7.51. The number of halogens is 4. The Morgan fingerprint density at radius 1 is 1.16 bits per heavy atom. The maximum atomic E-state index is 14.4. The smallest absolute Gasteiger partial charge is 0.362 e. The molecule has 0 spiro atoms. The Bertz CT molecular complexity index is 1310. The Labute approximate surface area is 224 Å². The number of hydrogen-bond donors (Lipinski definition) is 1. The minimum Gasteiger partial charge on any atom is -0.362 e. The quantitative estimate of drug-likeness (QED) is 0.234. The molecule has 0 saturated carbocycles. The van der Waals surface area contributed by atoms with Gasteiger partial charge in [-0.15, -0.1) is 16.4 Å². The van der Waals surface area contributed by atoms with Gasteiger partial charge in [-0.3, -0.25) is 4.79 Å². The molecule has 4 rings (SSSR count). The highest BCUT2D eigenvalue weighted by Crippen LogP contribution is 2.41. The number of aromatic nitrogens is 2. The average molecular weight is 551 g/mol. The zero-order chi connectivity index (χ0) is 27.8. The third-order valence-corrected chi connectivity index (χ3v) is 8.76. The molecule has 0 radical (unpaired) electrons. The van der Waals surface area contributed by atoms with Gasteiger partial charge in [-0.2, -0.15) is 18.3 Å². The normalized spacial score (nSPS) is 17.2. The summed E-state index contributed by atoms with van der Waals surface area (Å²) in [7, 11) is 0. The number of likely N-dealkylation sites (tertiary alicyclic amines) is 1. The molecule has 1 fully saturated rings. The van der Waals surface area contributed by atoms with Crippen LogP contribution in [0.15, 0.2) is 24.3 Å². The van der Waals surface area contributed by atoms with Crippen molar-refractivity contribution >= 4 is 33.0 Å². The Morgan fingerprint density at radius 2 is 1.84 bits per heavy atom. The number of fused-ring (bicyclic) bond motifs is 1. The van der Waals surface area contributed by atoms with E-state index in [1.54, 1.807) is 26.0 Å². The van der Waals surface area contributed by atoms with Crippen LogP contribution in [-0.4, -0.2) is 47.2 Å². The van der Waals surface area contributed by atoms with Crippen molar-refractivity contribution in [1.82, 2.24) is 15.1 Å². The van der Waals surface area contributed by atoms with E-state index >= 15 is 0 Å². The molecule has 0 aliphatic carbocycles. The summed E-state index contributed by atoms with van der Waals surface area (Å²) in [5.41, 5.74) is -0.446. The van der Waals surface area contributed by atoms with Crippen molar-refractivity contribution in [2.45, 2.75) is 59.7 Å². The summed E-state index contributed by atoms with van der Waals surface area (Å²) >= 11 is 1.28. The lowest BCUT2D eigenvalue weighted by Crippen LogP contribution is -2.46. The molecule has 38 heavy (non-hydrogen) atoms. The number of Topliss-reactive ketones (excluding diaryl/α,β-unsaturated/α-hetero) is 1. The minimum absolute atomic E-state index is 0.145. The third kappa shape index (κ3) is 5.57. The molecular weight excluding hydrogens is 516 g/mol. The van der Waals surface area contributed by atoms with E-state index in [4.69, 9.17) is 0 Å². The highest BCUT2D eigenvalue weighted by Gasteiger charge is 2.43. The molecule has 0 bridgehead atoms. The summed E-state index contributed by atoms with van der Waals surface area (Å²) in [5.74, 6) is 0.686. The van der Waals surface area contributed by atoms with E-state index in [-0.39, 0.29) is 11.3 Å². The number of ketones is 1. The Balaban J connectivity index is 1.62. The summed E-state index contributed by atoms with van der Waals surface area (Å²) < 4.78 is 55.5. The average Bonchev–Trinajstić information content (AvgIpc) is 3.31. The number of thiophene rings is 1. The van der Waals surface area contributed by atoms with Gasteiger partial charge < -0.3 is 10.2 Å². The molecular formula is C28H34F4N4OS. The molecule has 1 N–H and O–H groups in total. The number of hydrogen-bond acceptors (Lipinski definition) is 6. The van der Waals surface area contributed by atoms with Crippen LogP contribution in [0.3, 0.4) is 0 Å². The predicted octanol–water partition coefficient (Wildman–Crippen LogP) is 7.39. The number of carbonyl (C=O) groups is 1. The lowest BCUT2D eigenvalue weighted by atomic mass is 9.75. The molecule has 1 atom stereocenters. The topological polar surface area (TPSA) is 58.1 Å². The van der Waals surface area contributed by atoms with Crippen molar-refractivity contribution in [2.75, 3.05) is 31.6 Å². The maximum Gasteiger partial charge on any atom is 0.416 e. The van der Waals surface area contributed by atoms with Gasteiger partial charge in [-0.25, -0.2) is 4.39 Å². The fourth-order valence-corrected chi connectivity index (χ4v) is 6.51. The lowest BCUT2D eigenvalue weighted by molar-refractivity contribution is -0.138. The van der Waals surface area contributed by atoms with Crippen molar-refractivity contribution in [2.24, 2.45) is 11.3 Å². The highest BCUT2D eigenvalue weighted by molar-refractivity contribution is 7.21. The largest absolute Gasteiger partial charge is 0.416 e. The molecule has 1 aliphatic heterocycles. The van der Waals surface area contributed by atoms with Crippen LogP contribution in [0.2, 0.25) is 0 Å². The Morgan fingerprint density at radius 3 is 2.45 bits per heavy atom. The van der Waals surface area contributed by atoms with Crippen molar-refractivity contribution < 1.29 is 22.4 Å². The molecule has 1 aliphatic rings. The van der Waals surface area contributed by atoms with Gasteiger partial charge in [0.1, 0.15) is 6.67 Å². The van der Waals surface area contributed by atoms with Crippen molar-refractivity contribution in [3.8, 4) is 0 Å². The van der Waals surface area contributed by atoms with Gasteiger partial charge in [0.05, 0.1) is 32.3 Å². The molecule has 10 heteroatoms. The van der Waals surface area contributed by atoms with Crippen molar-refractivity contribution in [3.05, 3.63) is 51.5 Å². The Hall–Kier alpha value is -2.59. The highest BCUT2D eigenvalue weighted by atomic mass is 32.1. The zero-order valence-corrected chi connectivity index (χ0v) is 23.2. The van der Waals surface area contributed by atoms with Gasteiger partial charge >= 0.3 is 6.18 Å². The SMILES string of the molecule is Cc1c([C@@H](C)Nc2nnc(C)c3sc(C(=O)C4(CF)CCN(CC(C)C)CC4)cc23)cccc1C(F)(F)F. The number of anilines is 1. The van der Waals surface area contributed by atoms with E-state index in [2.05, 4.69) is 34.3 Å². The second-order valence-corrected chi connectivity index (χ2v) is 11.9. The van der Waals surface area contributed by atoms with Gasteiger partial charge in [0, 0.05) is 11.9 Å². The van der Waals surface area contributed by atoms with Crippen LogP contribution in [-0.2, 0) is 6.18 Å². The first kappa shape index (κ1) is 28.4. The van der Waals surface area contributed by atoms with Gasteiger partial charge in [0.2, 0.25) is 0 Å². The number of nitrogens with zero attached hydrogens (tertiary/aromatic N) is 3. The molecule has 3 aromatic rings. The first-order chi connectivity index (χ1) is 17.9. The van der Waals surface area contributed by atoms with Crippen molar-refractivity contribution in [1.29, 1.82) is 0 Å². The molecule has 1 aromatic carbocycles. The second kappa shape index (κ2) is 10.9. The lowest BCUT2D eigenvalue weighted by Gasteiger charge is -2.39. The fraction of sp³-hybridized carbons (Fsp3) is 0.536. The molecule has 206 valence electrons. The summed E-state index contributed by atoms with van der Waals surface area (Å²) in [6.07, 6.45) is -3.51. The molecule has 0 unspecified atom stereocenters. The number of carbonyl (C=O) groups excluding carboxylic acids is 1. The standard InChI is InChI=1S/C28H34F4N4OS/c1-16(2)14-36-11-9-27(15-29,10-12-36)25(37)23-13-21-24(38-23)19(5)34-35-26(21)33-18(4)20-7-6-8-22(17(20)3)28(30,31)32/h6-8,13,16,18H,9-12,14-15H2,1-5H3,(H,33,35)/t18-/m1/s1. The predicted molar refractivity (Wildman–Crippen MR) is 144 cm³/mol. The molecule has 2 aromatic heterocycles. The number of piperidine rings is 1. The summed E-state index contributed by atoms with van der Waals surface area (Å²) in [4.78, 5) is 16.4. The second-order valence-electron chi connectivity index (χ2n) is 10.8. The number of benzene rings is 1. The number of nitrogens with one attached hydrogen (secondary N) is 1. The summed E-state index contributed by atoms with van der Waals surface area (Å²) in [6.45, 7) is 10.9. The van der Waals surface area contributed by atoms with Crippen LogP contribution in [0.25, 0.3) is 10.1 Å². The zero-order valence-electron chi connectivity index (χ0n) is 22.4. The maximum absolute atomic E-state index is 14.4. The Kier molecular flexibility index (Phi) is 8.14. The molecule has 0 amide bonds. The van der Waals surface area contributed by atoms with E-state index in [9.17, 15) is 22.4 Å². The van der Waals surface area contributed by atoms with E-state index in [1.807, 2.05) is 0 Å². The monoisotopic (exact) mass is 550 g/mol. The summed E-state index contributed by atoms with van der Waals surface area (Å²) in [5, 5.41) is 12.3. The van der Waals surface area contributed by atoms with Gasteiger partial charge in [-0.1, -0.05) is 26.0 Å². The van der Waals surface area contributed by atoms with Crippen LogP contribution < -0.4 is 5.32 Å².